The van der Waals surface area contributed by atoms with Crippen LogP contribution in [0.5, 0.6) is 23.0 Å². The SMILES string of the molecule is COc1cc2c(cc1OCc1cc(COc3cc4c(cc3OC)C(=O)N3c5ccccc5C[C@H]3C(=O)N4)cc(N(C)CCCC(=O)OC3C(=O)CCC3=O)c1)N=C[C@@H]1Cc3ccccc3N1C2=O. The highest BCUT2D eigenvalue weighted by Gasteiger charge is 2.43. The molecule has 0 saturated heterocycles. The van der Waals surface area contributed by atoms with Crippen LogP contribution in [0, 0.1) is 0 Å². The highest BCUT2D eigenvalue weighted by atomic mass is 16.6. The standard InChI is InChI=1S/C52H47N5O11/c1-55(16-8-13-48(60)68-49-42(58)14-15-43(49)59)33-18-29(27-66-46-24-37-35(22-44(46)64-2)51(62)56-34(26-53-37)20-31-9-4-6-11-39(31)56)17-30(19-33)28-67-47-25-38-36(23-45(47)65-3)52(63)57-40-12-7-5-10-32(40)21-41(57)50(61)54-38/h4-7,9-12,17-19,22-26,34,41,49H,8,13-16,20-21,27-28H2,1-3H3,(H,54,61)/t34-,41-/m0/s1. The number of anilines is 4. The van der Waals surface area contributed by atoms with E-state index in [2.05, 4.69) is 5.32 Å². The molecule has 10 rings (SSSR count). The average Bonchev–Trinajstić information content (AvgIpc) is 3.98. The van der Waals surface area contributed by atoms with E-state index < -0.39 is 18.1 Å². The van der Waals surface area contributed by atoms with E-state index in [1.807, 2.05) is 78.7 Å². The van der Waals surface area contributed by atoms with Gasteiger partial charge in [-0.15, -0.1) is 0 Å². The molecule has 16 heteroatoms. The second-order valence-electron chi connectivity index (χ2n) is 17.3. The van der Waals surface area contributed by atoms with Crippen molar-refractivity contribution in [1.29, 1.82) is 0 Å². The Labute approximate surface area is 391 Å². The van der Waals surface area contributed by atoms with Crippen LogP contribution < -0.4 is 39.0 Å². The molecule has 4 aliphatic heterocycles. The molecule has 0 aromatic heterocycles. The summed E-state index contributed by atoms with van der Waals surface area (Å²) in [7, 11) is 4.86. The van der Waals surface area contributed by atoms with Gasteiger partial charge in [0, 0.05) is 81.1 Å². The van der Waals surface area contributed by atoms with Gasteiger partial charge in [-0.2, -0.15) is 0 Å². The van der Waals surface area contributed by atoms with Crippen LogP contribution in [-0.2, 0) is 50.0 Å². The molecule has 16 nitrogen and oxygen atoms in total. The molecule has 1 N–H and O–H groups in total. The predicted molar refractivity (Wildman–Crippen MR) is 251 cm³/mol. The highest BCUT2D eigenvalue weighted by molar-refractivity contribution is 6.20. The van der Waals surface area contributed by atoms with Crippen LogP contribution in [0.15, 0.2) is 96.0 Å². The summed E-state index contributed by atoms with van der Waals surface area (Å²) < 4.78 is 29.6. The first-order chi connectivity index (χ1) is 33.0. The molecule has 4 heterocycles. The third-order valence-electron chi connectivity index (χ3n) is 13.0. The minimum atomic E-state index is -1.32. The van der Waals surface area contributed by atoms with Gasteiger partial charge in [0.25, 0.3) is 11.8 Å². The number of ketones is 2. The van der Waals surface area contributed by atoms with Crippen molar-refractivity contribution in [1.82, 2.24) is 0 Å². The maximum absolute atomic E-state index is 14.1. The van der Waals surface area contributed by atoms with Crippen LogP contribution in [0.1, 0.15) is 68.7 Å². The van der Waals surface area contributed by atoms with Gasteiger partial charge >= 0.3 is 5.97 Å². The minimum absolute atomic E-state index is 0.00349. The lowest BCUT2D eigenvalue weighted by atomic mass is 10.1. The maximum Gasteiger partial charge on any atom is 0.307 e. The zero-order valence-electron chi connectivity index (χ0n) is 37.6. The van der Waals surface area contributed by atoms with E-state index >= 15 is 0 Å². The lowest BCUT2D eigenvalue weighted by Gasteiger charge is -2.23. The van der Waals surface area contributed by atoms with E-state index in [0.29, 0.717) is 71.4 Å². The van der Waals surface area contributed by atoms with Crippen LogP contribution in [-0.4, -0.2) is 87.5 Å². The van der Waals surface area contributed by atoms with Crippen molar-refractivity contribution < 1.29 is 52.5 Å². The van der Waals surface area contributed by atoms with Crippen molar-refractivity contribution in [3.8, 4) is 23.0 Å². The van der Waals surface area contributed by atoms with Crippen molar-refractivity contribution >= 4 is 69.9 Å². The molecule has 0 unspecified atom stereocenters. The molecule has 0 radical (unpaired) electrons. The number of fused-ring (bicyclic) bond motifs is 8. The second-order valence-corrected chi connectivity index (χ2v) is 17.3. The number of amides is 3. The summed E-state index contributed by atoms with van der Waals surface area (Å²) in [5, 5.41) is 2.95. The summed E-state index contributed by atoms with van der Waals surface area (Å²) >= 11 is 0. The molecule has 1 saturated carbocycles. The summed E-state index contributed by atoms with van der Waals surface area (Å²) in [6.07, 6.45) is 2.06. The van der Waals surface area contributed by atoms with E-state index in [1.54, 1.807) is 40.3 Å². The van der Waals surface area contributed by atoms with Crippen LogP contribution in [0.2, 0.25) is 0 Å². The van der Waals surface area contributed by atoms with Crippen molar-refractivity contribution in [2.24, 2.45) is 4.99 Å². The number of benzene rings is 5. The molecule has 0 bridgehead atoms. The molecule has 5 aromatic rings. The summed E-state index contributed by atoms with van der Waals surface area (Å²) in [6.45, 7) is 0.508. The normalized spacial score (nSPS) is 17.8. The van der Waals surface area contributed by atoms with Gasteiger partial charge in [-0.3, -0.25) is 43.6 Å². The lowest BCUT2D eigenvalue weighted by molar-refractivity contribution is -0.157. The van der Waals surface area contributed by atoms with E-state index in [-0.39, 0.29) is 73.4 Å². The number of nitrogens with one attached hydrogen (secondary N) is 1. The monoisotopic (exact) mass is 917 g/mol. The fourth-order valence-corrected chi connectivity index (χ4v) is 9.55. The number of hydrogen-bond donors (Lipinski definition) is 1. The predicted octanol–water partition coefficient (Wildman–Crippen LogP) is 6.73. The molecule has 68 heavy (non-hydrogen) atoms. The molecule has 346 valence electrons. The Kier molecular flexibility index (Phi) is 11.6. The van der Waals surface area contributed by atoms with Gasteiger partial charge in [-0.05, 0) is 71.1 Å². The Morgan fingerprint density at radius 2 is 1.32 bits per heavy atom. The summed E-state index contributed by atoms with van der Waals surface area (Å²) in [6, 6.07) is 26.7. The Hall–Kier alpha value is -8.01. The third kappa shape index (κ3) is 8.15. The number of methoxy groups -OCH3 is 2. The van der Waals surface area contributed by atoms with Gasteiger partial charge in [0.05, 0.1) is 42.8 Å². The number of rotatable bonds is 14. The van der Waals surface area contributed by atoms with Gasteiger partial charge in [-0.1, -0.05) is 36.4 Å². The number of Topliss-reactive ketones (excluding diaryl/α,β-unsaturated/α-hetero) is 2. The Morgan fingerprint density at radius 3 is 2.00 bits per heavy atom. The lowest BCUT2D eigenvalue weighted by Crippen LogP contribution is -2.42. The number of aliphatic imine (C=N–C) groups is 1. The van der Waals surface area contributed by atoms with Crippen molar-refractivity contribution in [2.75, 3.05) is 47.8 Å². The molecule has 1 fully saturated rings. The number of carbonyl (C=O) groups is 6. The number of hydrogen-bond acceptors (Lipinski definition) is 13. The number of ether oxygens (including phenoxy) is 5. The summed E-state index contributed by atoms with van der Waals surface area (Å²) in [5.74, 6) is -0.872. The quantitative estimate of drug-likeness (QED) is 0.0917. The van der Waals surface area contributed by atoms with E-state index in [4.69, 9.17) is 28.7 Å². The van der Waals surface area contributed by atoms with Gasteiger partial charge in [0.15, 0.2) is 34.6 Å². The van der Waals surface area contributed by atoms with E-state index in [1.165, 1.54) is 14.2 Å². The van der Waals surface area contributed by atoms with Crippen molar-refractivity contribution in [3.05, 3.63) is 124 Å². The first-order valence-corrected chi connectivity index (χ1v) is 22.4. The largest absolute Gasteiger partial charge is 0.493 e. The molecule has 0 spiro atoms. The number of esters is 1. The smallest absolute Gasteiger partial charge is 0.307 e. The minimum Gasteiger partial charge on any atom is -0.493 e. The van der Waals surface area contributed by atoms with E-state index in [9.17, 15) is 28.8 Å². The average molecular weight is 918 g/mol. The highest BCUT2D eigenvalue weighted by Crippen LogP contribution is 2.43. The number of nitrogens with zero attached hydrogens (tertiary/aromatic N) is 4. The molecular weight excluding hydrogens is 871 g/mol. The second kappa shape index (κ2) is 18.0. The molecule has 3 amide bonds. The Bertz CT molecular complexity index is 2950. The van der Waals surface area contributed by atoms with Crippen LogP contribution in [0.4, 0.5) is 28.4 Å². The summed E-state index contributed by atoms with van der Waals surface area (Å²) in [5.41, 5.74) is 7.20. The Balaban J connectivity index is 0.901. The molecule has 5 aromatic carbocycles. The van der Waals surface area contributed by atoms with Crippen LogP contribution in [0.3, 0.4) is 0 Å². The van der Waals surface area contributed by atoms with E-state index in [0.717, 1.165) is 33.6 Å². The number of carbonyl (C=O) groups excluding carboxylic acids is 6. The molecule has 1 aliphatic carbocycles. The first-order valence-electron chi connectivity index (χ1n) is 22.4. The van der Waals surface area contributed by atoms with Crippen LogP contribution in [0.25, 0.3) is 0 Å². The van der Waals surface area contributed by atoms with Gasteiger partial charge in [0.2, 0.25) is 12.0 Å². The van der Waals surface area contributed by atoms with Gasteiger partial charge in [0.1, 0.15) is 19.3 Å². The zero-order chi connectivity index (χ0) is 47.2. The van der Waals surface area contributed by atoms with Crippen molar-refractivity contribution in [2.45, 2.75) is 69.9 Å². The van der Waals surface area contributed by atoms with Gasteiger partial charge < -0.3 is 33.9 Å². The fraction of sp³-hybridized carbons (Fsp3) is 0.288. The molecular formula is C52H47N5O11. The first kappa shape index (κ1) is 43.9. The topological polar surface area (TPSA) is 183 Å². The zero-order valence-corrected chi connectivity index (χ0v) is 37.6. The molecule has 2 atom stereocenters. The summed E-state index contributed by atoms with van der Waals surface area (Å²) in [4.78, 5) is 88.5. The molecule has 5 aliphatic rings. The Morgan fingerprint density at radius 1 is 0.721 bits per heavy atom. The van der Waals surface area contributed by atoms with Crippen LogP contribution >= 0.6 is 0 Å². The maximum atomic E-state index is 14.1. The fourth-order valence-electron chi connectivity index (χ4n) is 9.55. The number of para-hydroxylation sites is 2. The van der Waals surface area contributed by atoms with Gasteiger partial charge in [-0.25, -0.2) is 0 Å². The third-order valence-corrected chi connectivity index (χ3v) is 13.0. The van der Waals surface area contributed by atoms with Crippen molar-refractivity contribution in [3.63, 3.8) is 0 Å².